The molecule has 0 aliphatic carbocycles. The second-order valence-corrected chi connectivity index (χ2v) is 9.61. The molecule has 6 nitrogen and oxygen atoms in total. The highest BCUT2D eigenvalue weighted by molar-refractivity contribution is 5.92. The SMILES string of the molecule is O=C(C=Cc1cccc(OCC(O)CN2CC=C(c3ccc4ccccc4c3)CC2)c1)N1CCOCC1. The van der Waals surface area contributed by atoms with Crippen molar-refractivity contribution in [3.63, 3.8) is 0 Å². The Morgan fingerprint density at radius 3 is 2.65 bits per heavy atom. The van der Waals surface area contributed by atoms with Crippen molar-refractivity contribution in [3.8, 4) is 5.75 Å². The van der Waals surface area contributed by atoms with Crippen molar-refractivity contribution < 1.29 is 19.4 Å². The maximum absolute atomic E-state index is 12.3. The molecule has 192 valence electrons. The molecule has 1 atom stereocenters. The zero-order chi connectivity index (χ0) is 25.5. The van der Waals surface area contributed by atoms with Gasteiger partial charge in [0.05, 0.1) is 13.2 Å². The molecule has 6 heteroatoms. The van der Waals surface area contributed by atoms with Gasteiger partial charge in [0.25, 0.3) is 0 Å². The van der Waals surface area contributed by atoms with E-state index in [0.717, 1.165) is 25.1 Å². The number of nitrogens with zero attached hydrogens (tertiary/aromatic N) is 2. The van der Waals surface area contributed by atoms with Gasteiger partial charge in [-0.05, 0) is 58.2 Å². The zero-order valence-corrected chi connectivity index (χ0v) is 21.1. The van der Waals surface area contributed by atoms with Crippen molar-refractivity contribution in [2.45, 2.75) is 12.5 Å². The van der Waals surface area contributed by atoms with Gasteiger partial charge < -0.3 is 19.5 Å². The Labute approximate surface area is 218 Å². The number of carbonyl (C=O) groups excluding carboxylic acids is 1. The number of hydrogen-bond acceptors (Lipinski definition) is 5. The average Bonchev–Trinajstić information content (AvgIpc) is 2.95. The van der Waals surface area contributed by atoms with E-state index in [4.69, 9.17) is 9.47 Å². The number of aliphatic hydroxyl groups excluding tert-OH is 1. The fraction of sp³-hybridized carbons (Fsp3) is 0.323. The smallest absolute Gasteiger partial charge is 0.246 e. The molecule has 0 saturated carbocycles. The fourth-order valence-electron chi connectivity index (χ4n) is 4.84. The van der Waals surface area contributed by atoms with Crippen molar-refractivity contribution in [1.29, 1.82) is 0 Å². The van der Waals surface area contributed by atoms with Crippen LogP contribution in [0.1, 0.15) is 17.5 Å². The lowest BCUT2D eigenvalue weighted by molar-refractivity contribution is -0.129. The Kier molecular flexibility index (Phi) is 8.31. The predicted molar refractivity (Wildman–Crippen MR) is 147 cm³/mol. The first-order valence-electron chi connectivity index (χ1n) is 13.0. The number of ether oxygens (including phenoxy) is 2. The summed E-state index contributed by atoms with van der Waals surface area (Å²) in [4.78, 5) is 16.4. The largest absolute Gasteiger partial charge is 0.491 e. The maximum Gasteiger partial charge on any atom is 0.246 e. The molecule has 0 aromatic heterocycles. The van der Waals surface area contributed by atoms with Gasteiger partial charge in [-0.2, -0.15) is 0 Å². The van der Waals surface area contributed by atoms with E-state index >= 15 is 0 Å². The summed E-state index contributed by atoms with van der Waals surface area (Å²) in [5, 5.41) is 13.1. The molecule has 37 heavy (non-hydrogen) atoms. The normalized spacial score (nSPS) is 17.6. The second-order valence-electron chi connectivity index (χ2n) is 9.61. The lowest BCUT2D eigenvalue weighted by Gasteiger charge is -2.28. The van der Waals surface area contributed by atoms with Crippen molar-refractivity contribution in [1.82, 2.24) is 9.80 Å². The summed E-state index contributed by atoms with van der Waals surface area (Å²) < 4.78 is 11.2. The molecule has 1 amide bonds. The van der Waals surface area contributed by atoms with Gasteiger partial charge in [-0.15, -0.1) is 0 Å². The minimum Gasteiger partial charge on any atom is -0.491 e. The molecule has 1 unspecified atom stereocenters. The van der Waals surface area contributed by atoms with E-state index in [2.05, 4.69) is 53.4 Å². The Balaban J connectivity index is 1.09. The minimum absolute atomic E-state index is 0.00982. The van der Waals surface area contributed by atoms with Crippen molar-refractivity contribution in [3.05, 3.63) is 90.0 Å². The van der Waals surface area contributed by atoms with Crippen LogP contribution < -0.4 is 4.74 Å². The molecule has 1 fully saturated rings. The summed E-state index contributed by atoms with van der Waals surface area (Å²) in [6, 6.07) is 22.7. The molecule has 5 rings (SSSR count). The first-order chi connectivity index (χ1) is 18.1. The summed E-state index contributed by atoms with van der Waals surface area (Å²) in [7, 11) is 0. The standard InChI is InChI=1S/C31H34N2O4/c34-29(22-32-14-12-26(13-15-32)28-10-9-25-5-1-2-6-27(25)21-28)23-37-30-7-3-4-24(20-30)8-11-31(35)33-16-18-36-19-17-33/h1-12,20-21,29,34H,13-19,22-23H2. The van der Waals surface area contributed by atoms with Gasteiger partial charge in [0.1, 0.15) is 18.5 Å². The molecule has 1 N–H and O–H groups in total. The lowest BCUT2D eigenvalue weighted by Crippen LogP contribution is -2.39. The number of aliphatic hydroxyl groups is 1. The summed E-state index contributed by atoms with van der Waals surface area (Å²) in [5.41, 5.74) is 3.53. The Bertz CT molecular complexity index is 1280. The monoisotopic (exact) mass is 498 g/mol. The van der Waals surface area contributed by atoms with E-state index in [-0.39, 0.29) is 12.5 Å². The quantitative estimate of drug-likeness (QED) is 0.471. The van der Waals surface area contributed by atoms with Crippen LogP contribution in [0.4, 0.5) is 0 Å². The van der Waals surface area contributed by atoms with E-state index in [1.165, 1.54) is 21.9 Å². The second kappa shape index (κ2) is 12.2. The maximum atomic E-state index is 12.3. The van der Waals surface area contributed by atoms with Crippen LogP contribution in [0.2, 0.25) is 0 Å². The van der Waals surface area contributed by atoms with Gasteiger partial charge in [-0.3, -0.25) is 9.69 Å². The topological polar surface area (TPSA) is 62.2 Å². The van der Waals surface area contributed by atoms with E-state index in [9.17, 15) is 9.90 Å². The number of morpholine rings is 1. The third-order valence-electron chi connectivity index (χ3n) is 6.92. The number of amides is 1. The third-order valence-corrected chi connectivity index (χ3v) is 6.92. The third kappa shape index (κ3) is 6.86. The van der Waals surface area contributed by atoms with Gasteiger partial charge in [-0.1, -0.05) is 54.6 Å². The molecular formula is C31H34N2O4. The number of rotatable bonds is 8. The molecule has 0 spiro atoms. The summed E-state index contributed by atoms with van der Waals surface area (Å²) >= 11 is 0. The van der Waals surface area contributed by atoms with E-state index in [1.54, 1.807) is 17.1 Å². The van der Waals surface area contributed by atoms with Crippen molar-refractivity contribution >= 4 is 28.3 Å². The number of β-amino-alcohol motifs (C(OH)–C–C–N with tert-alkyl or cyclic N) is 1. The van der Waals surface area contributed by atoms with Gasteiger partial charge in [0, 0.05) is 38.8 Å². The summed E-state index contributed by atoms with van der Waals surface area (Å²) in [6.07, 6.45) is 6.04. The Hall–Kier alpha value is -3.45. The van der Waals surface area contributed by atoms with Gasteiger partial charge in [-0.25, -0.2) is 0 Å². The summed E-state index contributed by atoms with van der Waals surface area (Å²) in [6.45, 7) is 4.94. The molecule has 0 bridgehead atoms. The van der Waals surface area contributed by atoms with Crippen LogP contribution in [0, 0.1) is 0 Å². The van der Waals surface area contributed by atoms with E-state index in [0.29, 0.717) is 38.6 Å². The zero-order valence-electron chi connectivity index (χ0n) is 21.1. The fourth-order valence-corrected chi connectivity index (χ4v) is 4.84. The van der Waals surface area contributed by atoms with Crippen LogP contribution in [0.25, 0.3) is 22.4 Å². The molecular weight excluding hydrogens is 464 g/mol. The van der Waals surface area contributed by atoms with Gasteiger partial charge in [0.2, 0.25) is 5.91 Å². The predicted octanol–water partition coefficient (Wildman–Crippen LogP) is 4.24. The van der Waals surface area contributed by atoms with Crippen LogP contribution in [0.3, 0.4) is 0 Å². The van der Waals surface area contributed by atoms with E-state index < -0.39 is 6.10 Å². The molecule has 3 aromatic rings. The van der Waals surface area contributed by atoms with Crippen LogP contribution in [0.5, 0.6) is 5.75 Å². The highest BCUT2D eigenvalue weighted by Gasteiger charge is 2.17. The molecule has 0 radical (unpaired) electrons. The number of benzene rings is 3. The molecule has 2 heterocycles. The molecule has 2 aliphatic rings. The first kappa shape index (κ1) is 25.2. The Morgan fingerprint density at radius 2 is 1.84 bits per heavy atom. The molecule has 1 saturated heterocycles. The number of fused-ring (bicyclic) bond motifs is 1. The number of hydrogen-bond donors (Lipinski definition) is 1. The van der Waals surface area contributed by atoms with Gasteiger partial charge >= 0.3 is 0 Å². The average molecular weight is 499 g/mol. The van der Waals surface area contributed by atoms with Crippen LogP contribution in [-0.4, -0.2) is 79.5 Å². The molecule has 2 aliphatic heterocycles. The molecule has 3 aromatic carbocycles. The van der Waals surface area contributed by atoms with Crippen LogP contribution >= 0.6 is 0 Å². The number of carbonyl (C=O) groups is 1. The summed E-state index contributed by atoms with van der Waals surface area (Å²) in [5.74, 6) is 0.668. The highest BCUT2D eigenvalue weighted by Crippen LogP contribution is 2.26. The first-order valence-corrected chi connectivity index (χ1v) is 13.0. The van der Waals surface area contributed by atoms with Crippen LogP contribution in [0.15, 0.2) is 78.9 Å². The lowest BCUT2D eigenvalue weighted by atomic mass is 9.97. The van der Waals surface area contributed by atoms with Crippen LogP contribution in [-0.2, 0) is 9.53 Å². The van der Waals surface area contributed by atoms with E-state index in [1.807, 2.05) is 24.3 Å². The minimum atomic E-state index is -0.585. The van der Waals surface area contributed by atoms with Crippen molar-refractivity contribution in [2.24, 2.45) is 0 Å². The van der Waals surface area contributed by atoms with Crippen molar-refractivity contribution in [2.75, 3.05) is 52.5 Å². The van der Waals surface area contributed by atoms with Gasteiger partial charge in [0.15, 0.2) is 0 Å². The highest BCUT2D eigenvalue weighted by atomic mass is 16.5. The Morgan fingerprint density at radius 1 is 1.00 bits per heavy atom.